The summed E-state index contributed by atoms with van der Waals surface area (Å²) in [6.45, 7) is 1.63. The lowest BCUT2D eigenvalue weighted by molar-refractivity contribution is -0.120. The van der Waals surface area contributed by atoms with Crippen molar-refractivity contribution in [3.8, 4) is 5.75 Å². The van der Waals surface area contributed by atoms with Crippen LogP contribution in [0.25, 0.3) is 0 Å². The molecule has 8 heteroatoms. The van der Waals surface area contributed by atoms with Gasteiger partial charge in [-0.25, -0.2) is 8.42 Å². The minimum atomic E-state index is -3.63. The summed E-state index contributed by atoms with van der Waals surface area (Å²) in [6.07, 6.45) is 1.73. The molecule has 2 rings (SSSR count). The van der Waals surface area contributed by atoms with Crippen molar-refractivity contribution in [1.29, 1.82) is 0 Å². The van der Waals surface area contributed by atoms with Crippen molar-refractivity contribution in [3.05, 3.63) is 59.1 Å². The maximum Gasteiger partial charge on any atom is 0.241 e. The number of ether oxygens (including phenoxy) is 1. The summed E-state index contributed by atoms with van der Waals surface area (Å²) < 4.78 is 30.5. The molecule has 0 radical (unpaired) electrons. The summed E-state index contributed by atoms with van der Waals surface area (Å²) in [7, 11) is -2.04. The number of hydrogen-bond donors (Lipinski definition) is 1. The number of carbonyl (C=O) groups excluding carboxylic acids is 1. The molecule has 0 bridgehead atoms. The third-order valence-electron chi connectivity index (χ3n) is 4.06. The topological polar surface area (TPSA) is 75.7 Å². The number of hydrogen-bond acceptors (Lipinski definition) is 4. The molecular weight excluding hydrogens is 388 g/mol. The van der Waals surface area contributed by atoms with Gasteiger partial charge in [0.1, 0.15) is 12.3 Å². The summed E-state index contributed by atoms with van der Waals surface area (Å²) >= 11 is 5.86. The highest BCUT2D eigenvalue weighted by Gasteiger charge is 2.22. The van der Waals surface area contributed by atoms with Gasteiger partial charge in [0.05, 0.1) is 25.1 Å². The summed E-state index contributed by atoms with van der Waals surface area (Å²) in [5.41, 5.74) is 1.30. The number of methoxy groups -OCH3 is 1. The molecule has 1 N–H and O–H groups in total. The third kappa shape index (κ3) is 5.87. The lowest BCUT2D eigenvalue weighted by Crippen LogP contribution is -2.41. The molecule has 27 heavy (non-hydrogen) atoms. The van der Waals surface area contributed by atoms with Crippen molar-refractivity contribution < 1.29 is 17.9 Å². The van der Waals surface area contributed by atoms with Crippen molar-refractivity contribution in [2.24, 2.45) is 0 Å². The highest BCUT2D eigenvalue weighted by molar-refractivity contribution is 7.92. The van der Waals surface area contributed by atoms with Crippen LogP contribution in [-0.2, 0) is 14.8 Å². The molecule has 0 spiro atoms. The number of amides is 1. The Balaban J connectivity index is 2.15. The van der Waals surface area contributed by atoms with Crippen LogP contribution in [0.1, 0.15) is 24.9 Å². The molecular formula is C19H23ClN2O4S. The zero-order valence-electron chi connectivity index (χ0n) is 15.5. The van der Waals surface area contributed by atoms with E-state index in [4.69, 9.17) is 16.3 Å². The smallest absolute Gasteiger partial charge is 0.241 e. The van der Waals surface area contributed by atoms with Gasteiger partial charge in [-0.05, 0) is 48.4 Å². The molecule has 0 saturated heterocycles. The number of benzene rings is 2. The zero-order chi connectivity index (χ0) is 20.0. The van der Waals surface area contributed by atoms with Crippen LogP contribution in [0.15, 0.2) is 48.5 Å². The number of nitrogens with one attached hydrogen (secondary N) is 1. The Morgan fingerprint density at radius 1 is 1.15 bits per heavy atom. The fraction of sp³-hybridized carbons (Fsp3) is 0.316. The quantitative estimate of drug-likeness (QED) is 0.723. The first-order chi connectivity index (χ1) is 12.7. The fourth-order valence-corrected chi connectivity index (χ4v) is 3.62. The molecule has 0 saturated carbocycles. The SMILES string of the molecule is CC[C@H](NC(=O)CN(c1ccc(Cl)cc1)S(C)(=O)=O)c1ccc(OC)cc1. The second-order valence-electron chi connectivity index (χ2n) is 6.05. The van der Waals surface area contributed by atoms with Crippen LogP contribution < -0.4 is 14.4 Å². The van der Waals surface area contributed by atoms with Gasteiger partial charge in [-0.1, -0.05) is 30.7 Å². The van der Waals surface area contributed by atoms with E-state index in [1.165, 1.54) is 0 Å². The summed E-state index contributed by atoms with van der Waals surface area (Å²) in [5, 5.41) is 3.38. The van der Waals surface area contributed by atoms with Crippen LogP contribution in [0.2, 0.25) is 5.02 Å². The predicted octanol–water partition coefficient (Wildman–Crippen LogP) is 3.38. The van der Waals surface area contributed by atoms with Crippen molar-refractivity contribution in [2.75, 3.05) is 24.2 Å². The van der Waals surface area contributed by atoms with Crippen LogP contribution in [0.5, 0.6) is 5.75 Å². The first-order valence-electron chi connectivity index (χ1n) is 8.41. The van der Waals surface area contributed by atoms with E-state index in [0.717, 1.165) is 21.9 Å². The van der Waals surface area contributed by atoms with Gasteiger partial charge in [0, 0.05) is 5.02 Å². The molecule has 0 aliphatic rings. The van der Waals surface area contributed by atoms with E-state index in [9.17, 15) is 13.2 Å². The van der Waals surface area contributed by atoms with E-state index >= 15 is 0 Å². The molecule has 0 aromatic heterocycles. The molecule has 0 aliphatic heterocycles. The number of anilines is 1. The average Bonchev–Trinajstić information content (AvgIpc) is 2.64. The molecule has 2 aromatic carbocycles. The Morgan fingerprint density at radius 3 is 2.22 bits per heavy atom. The Hall–Kier alpha value is -2.25. The lowest BCUT2D eigenvalue weighted by atomic mass is 10.0. The van der Waals surface area contributed by atoms with Crippen molar-refractivity contribution in [1.82, 2.24) is 5.32 Å². The largest absolute Gasteiger partial charge is 0.497 e. The zero-order valence-corrected chi connectivity index (χ0v) is 17.0. The van der Waals surface area contributed by atoms with Gasteiger partial charge < -0.3 is 10.1 Å². The molecule has 0 aliphatic carbocycles. The van der Waals surface area contributed by atoms with Crippen molar-refractivity contribution in [2.45, 2.75) is 19.4 Å². The standard InChI is InChI=1S/C19H23ClN2O4S/c1-4-18(14-5-11-17(26-2)12-6-14)21-19(23)13-22(27(3,24)25)16-9-7-15(20)8-10-16/h5-12,18H,4,13H2,1-3H3,(H,21,23)/t18-/m0/s1. The highest BCUT2D eigenvalue weighted by atomic mass is 35.5. The summed E-state index contributed by atoms with van der Waals surface area (Å²) in [6, 6.07) is 13.5. The minimum absolute atomic E-state index is 0.227. The Bertz CT molecular complexity index is 868. The van der Waals surface area contributed by atoms with E-state index < -0.39 is 15.9 Å². The lowest BCUT2D eigenvalue weighted by Gasteiger charge is -2.24. The average molecular weight is 411 g/mol. The maximum absolute atomic E-state index is 12.5. The van der Waals surface area contributed by atoms with Gasteiger partial charge in [0.2, 0.25) is 15.9 Å². The van der Waals surface area contributed by atoms with Gasteiger partial charge in [0.25, 0.3) is 0 Å². The maximum atomic E-state index is 12.5. The Kier molecular flexibility index (Phi) is 7.10. The van der Waals surface area contributed by atoms with Gasteiger partial charge in [-0.2, -0.15) is 0 Å². The first kappa shape index (κ1) is 21.1. The number of carbonyl (C=O) groups is 1. The first-order valence-corrected chi connectivity index (χ1v) is 10.6. The van der Waals surface area contributed by atoms with Crippen molar-refractivity contribution in [3.63, 3.8) is 0 Å². The van der Waals surface area contributed by atoms with Crippen LogP contribution in [-0.4, -0.2) is 34.2 Å². The second kappa shape index (κ2) is 9.10. The molecule has 6 nitrogen and oxygen atoms in total. The molecule has 0 fully saturated rings. The van der Waals surface area contributed by atoms with E-state index in [0.29, 0.717) is 17.1 Å². The molecule has 2 aromatic rings. The fourth-order valence-electron chi connectivity index (χ4n) is 2.64. The second-order valence-corrected chi connectivity index (χ2v) is 8.39. The normalized spacial score (nSPS) is 12.3. The predicted molar refractivity (Wildman–Crippen MR) is 108 cm³/mol. The van der Waals surface area contributed by atoms with Gasteiger partial charge >= 0.3 is 0 Å². The molecule has 146 valence electrons. The van der Waals surface area contributed by atoms with Gasteiger partial charge in [0.15, 0.2) is 0 Å². The van der Waals surface area contributed by atoms with E-state index in [2.05, 4.69) is 5.32 Å². The van der Waals surface area contributed by atoms with Gasteiger partial charge in [-0.3, -0.25) is 9.10 Å². The van der Waals surface area contributed by atoms with Crippen LogP contribution in [0, 0.1) is 0 Å². The third-order valence-corrected chi connectivity index (χ3v) is 5.46. The summed E-state index contributed by atoms with van der Waals surface area (Å²) in [4.78, 5) is 12.5. The van der Waals surface area contributed by atoms with Gasteiger partial charge in [-0.15, -0.1) is 0 Å². The number of halogens is 1. The molecule has 0 unspecified atom stereocenters. The van der Waals surface area contributed by atoms with Crippen LogP contribution in [0.3, 0.4) is 0 Å². The number of rotatable bonds is 8. The summed E-state index contributed by atoms with van der Waals surface area (Å²) in [5.74, 6) is 0.337. The number of sulfonamides is 1. The van der Waals surface area contributed by atoms with Crippen LogP contribution >= 0.6 is 11.6 Å². The minimum Gasteiger partial charge on any atom is -0.497 e. The van der Waals surface area contributed by atoms with E-state index in [1.54, 1.807) is 31.4 Å². The molecule has 1 amide bonds. The van der Waals surface area contributed by atoms with E-state index in [1.807, 2.05) is 31.2 Å². The Morgan fingerprint density at radius 2 is 1.74 bits per heavy atom. The Labute approximate surface area is 165 Å². The van der Waals surface area contributed by atoms with Crippen LogP contribution in [0.4, 0.5) is 5.69 Å². The molecule has 1 atom stereocenters. The van der Waals surface area contributed by atoms with Crippen molar-refractivity contribution >= 4 is 33.2 Å². The highest BCUT2D eigenvalue weighted by Crippen LogP contribution is 2.22. The monoisotopic (exact) mass is 410 g/mol. The number of nitrogens with zero attached hydrogens (tertiary/aromatic N) is 1. The van der Waals surface area contributed by atoms with E-state index in [-0.39, 0.29) is 12.6 Å². The molecule has 0 heterocycles.